The van der Waals surface area contributed by atoms with E-state index in [1.807, 2.05) is 0 Å². The van der Waals surface area contributed by atoms with E-state index in [1.165, 1.54) is 38.4 Å². The molecule has 0 aromatic carbocycles. The van der Waals surface area contributed by atoms with Crippen molar-refractivity contribution in [1.29, 1.82) is 0 Å². The fourth-order valence-electron chi connectivity index (χ4n) is 2.76. The Morgan fingerprint density at radius 1 is 1.09 bits per heavy atom. The molecule has 170 valence electrons. The van der Waals surface area contributed by atoms with Crippen LogP contribution in [-0.2, 0) is 6.18 Å². The molecule has 0 aliphatic heterocycles. The molecule has 0 saturated carbocycles. The van der Waals surface area contributed by atoms with Crippen LogP contribution in [0.5, 0.6) is 23.1 Å². The number of pyridine rings is 3. The number of hydrogen-bond acceptors (Lipinski definition) is 9. The van der Waals surface area contributed by atoms with Gasteiger partial charge in [-0.1, -0.05) is 11.3 Å². The largest absolute Gasteiger partial charge is 0.503 e. The molecule has 0 aliphatic rings. The first-order chi connectivity index (χ1) is 15.7. The van der Waals surface area contributed by atoms with E-state index < -0.39 is 23.5 Å². The van der Waals surface area contributed by atoms with Gasteiger partial charge in [-0.3, -0.25) is 10.1 Å². The smallest absolute Gasteiger partial charge is 0.433 e. The molecule has 0 radical (unpaired) electrons. The minimum absolute atomic E-state index is 0.0505. The van der Waals surface area contributed by atoms with Crippen molar-refractivity contribution in [2.75, 3.05) is 12.4 Å². The number of aromatic nitrogens is 4. The Hall–Kier alpha value is -4.00. The Bertz CT molecular complexity index is 1360. The van der Waals surface area contributed by atoms with Crippen molar-refractivity contribution in [2.24, 2.45) is 0 Å². The number of nitrogens with zero attached hydrogens (tertiary/aromatic N) is 4. The number of aromatic hydroxyl groups is 1. The van der Waals surface area contributed by atoms with Gasteiger partial charge in [-0.05, 0) is 25.1 Å². The average molecular weight is 477 g/mol. The molecular formula is C20H14F3N5O4S. The fourth-order valence-corrected chi connectivity index (χ4v) is 3.59. The van der Waals surface area contributed by atoms with Gasteiger partial charge < -0.3 is 14.6 Å². The number of amides is 1. The van der Waals surface area contributed by atoms with Crippen molar-refractivity contribution >= 4 is 32.7 Å². The summed E-state index contributed by atoms with van der Waals surface area (Å²) < 4.78 is 48.9. The summed E-state index contributed by atoms with van der Waals surface area (Å²) in [5.74, 6) is -0.787. The van der Waals surface area contributed by atoms with Crippen molar-refractivity contribution in [2.45, 2.75) is 13.1 Å². The maximum atomic E-state index is 12.8. The first kappa shape index (κ1) is 22.2. The number of nitrogens with one attached hydrogen (secondary N) is 1. The van der Waals surface area contributed by atoms with E-state index in [-0.39, 0.29) is 33.9 Å². The van der Waals surface area contributed by atoms with E-state index in [2.05, 4.69) is 25.3 Å². The monoisotopic (exact) mass is 477 g/mol. The van der Waals surface area contributed by atoms with Crippen molar-refractivity contribution in [3.8, 4) is 23.1 Å². The quantitative estimate of drug-likeness (QED) is 0.429. The number of carbonyl (C=O) groups is 1. The standard InChI is InChI=1S/C20H14F3N5O4S/c1-9-11(4-5-13(25-9)20(21,22)23)32-14-6-3-10-18(27-14)33-19(26-10)28-17(30)15-16(29)12(31-2)7-8-24-15/h3-8,29H,1-2H3,(H,26,28,30). The lowest BCUT2D eigenvalue weighted by molar-refractivity contribution is -0.141. The molecule has 0 bridgehead atoms. The molecule has 4 heterocycles. The molecule has 0 unspecified atom stereocenters. The number of ether oxygens (including phenoxy) is 2. The highest BCUT2D eigenvalue weighted by Gasteiger charge is 2.32. The molecule has 0 atom stereocenters. The molecule has 9 nitrogen and oxygen atoms in total. The van der Waals surface area contributed by atoms with Gasteiger partial charge in [0.2, 0.25) is 5.88 Å². The molecule has 2 N–H and O–H groups in total. The number of anilines is 1. The number of halogens is 3. The van der Waals surface area contributed by atoms with Crippen molar-refractivity contribution in [3.05, 3.63) is 53.6 Å². The van der Waals surface area contributed by atoms with Crippen LogP contribution in [0.4, 0.5) is 18.3 Å². The van der Waals surface area contributed by atoms with E-state index in [0.717, 1.165) is 17.4 Å². The highest BCUT2D eigenvalue weighted by atomic mass is 32.1. The summed E-state index contributed by atoms with van der Waals surface area (Å²) >= 11 is 1.03. The molecule has 4 aromatic rings. The van der Waals surface area contributed by atoms with E-state index >= 15 is 0 Å². The van der Waals surface area contributed by atoms with E-state index in [9.17, 15) is 23.1 Å². The van der Waals surface area contributed by atoms with Crippen LogP contribution in [0.1, 0.15) is 21.9 Å². The van der Waals surface area contributed by atoms with Crippen LogP contribution in [0.25, 0.3) is 10.3 Å². The zero-order chi connectivity index (χ0) is 23.8. The predicted molar refractivity (Wildman–Crippen MR) is 112 cm³/mol. The van der Waals surface area contributed by atoms with Gasteiger partial charge in [-0.25, -0.2) is 19.9 Å². The third-order valence-electron chi connectivity index (χ3n) is 4.31. The van der Waals surface area contributed by atoms with E-state index in [0.29, 0.717) is 10.3 Å². The topological polar surface area (TPSA) is 119 Å². The number of fused-ring (bicyclic) bond motifs is 1. The van der Waals surface area contributed by atoms with Crippen LogP contribution >= 0.6 is 11.3 Å². The zero-order valence-corrected chi connectivity index (χ0v) is 17.8. The minimum atomic E-state index is -4.55. The molecule has 0 fully saturated rings. The van der Waals surface area contributed by atoms with Crippen LogP contribution in [0, 0.1) is 6.92 Å². The van der Waals surface area contributed by atoms with Crippen LogP contribution in [0.3, 0.4) is 0 Å². The number of methoxy groups -OCH3 is 1. The van der Waals surface area contributed by atoms with E-state index in [4.69, 9.17) is 9.47 Å². The Morgan fingerprint density at radius 3 is 2.58 bits per heavy atom. The van der Waals surface area contributed by atoms with Gasteiger partial charge in [-0.15, -0.1) is 0 Å². The normalized spacial score (nSPS) is 11.4. The number of thiazole rings is 1. The predicted octanol–water partition coefficient (Wildman–Crippen LogP) is 4.57. The summed E-state index contributed by atoms with van der Waals surface area (Å²) in [5, 5.41) is 12.8. The Kier molecular flexibility index (Phi) is 5.72. The maximum absolute atomic E-state index is 12.8. The lowest BCUT2D eigenvalue weighted by Gasteiger charge is -2.10. The third-order valence-corrected chi connectivity index (χ3v) is 5.20. The van der Waals surface area contributed by atoms with Crippen LogP contribution in [-0.4, -0.2) is 38.1 Å². The van der Waals surface area contributed by atoms with Crippen LogP contribution in [0.2, 0.25) is 0 Å². The third kappa shape index (κ3) is 4.62. The van der Waals surface area contributed by atoms with Crippen molar-refractivity contribution in [1.82, 2.24) is 19.9 Å². The second kappa shape index (κ2) is 8.50. The van der Waals surface area contributed by atoms with Gasteiger partial charge >= 0.3 is 6.18 Å². The molecular weight excluding hydrogens is 463 g/mol. The second-order valence-corrected chi connectivity index (χ2v) is 7.51. The van der Waals surface area contributed by atoms with Crippen molar-refractivity contribution in [3.63, 3.8) is 0 Å². The van der Waals surface area contributed by atoms with Gasteiger partial charge in [-0.2, -0.15) is 13.2 Å². The summed E-state index contributed by atoms with van der Waals surface area (Å²) in [7, 11) is 1.35. The Morgan fingerprint density at radius 2 is 1.88 bits per heavy atom. The Balaban J connectivity index is 1.54. The SMILES string of the molecule is COc1ccnc(C(=O)Nc2nc3ccc(Oc4ccc(C(F)(F)F)nc4C)nc3s2)c1O. The van der Waals surface area contributed by atoms with Crippen LogP contribution < -0.4 is 14.8 Å². The first-order valence-corrected chi connectivity index (χ1v) is 10.0. The average Bonchev–Trinajstić information content (AvgIpc) is 3.16. The summed E-state index contributed by atoms with van der Waals surface area (Å²) in [6.07, 6.45) is -3.24. The van der Waals surface area contributed by atoms with Gasteiger partial charge in [0.1, 0.15) is 16.0 Å². The van der Waals surface area contributed by atoms with Gasteiger partial charge in [0, 0.05) is 18.3 Å². The molecule has 4 aromatic heterocycles. The maximum Gasteiger partial charge on any atom is 0.433 e. The summed E-state index contributed by atoms with van der Waals surface area (Å²) in [6.45, 7) is 1.39. The lowest BCUT2D eigenvalue weighted by Crippen LogP contribution is -2.13. The number of alkyl halides is 3. The first-order valence-electron chi connectivity index (χ1n) is 9.19. The van der Waals surface area contributed by atoms with E-state index in [1.54, 1.807) is 6.07 Å². The molecule has 4 rings (SSSR count). The second-order valence-electron chi connectivity index (χ2n) is 6.54. The van der Waals surface area contributed by atoms with Crippen LogP contribution in [0.15, 0.2) is 36.5 Å². The Labute approximate surface area is 187 Å². The molecule has 13 heteroatoms. The summed E-state index contributed by atoms with van der Waals surface area (Å²) in [6, 6.07) is 6.47. The van der Waals surface area contributed by atoms with Gasteiger partial charge in [0.15, 0.2) is 28.1 Å². The van der Waals surface area contributed by atoms with Crippen molar-refractivity contribution < 1.29 is 32.5 Å². The number of hydrogen-bond donors (Lipinski definition) is 2. The number of rotatable bonds is 5. The highest BCUT2D eigenvalue weighted by Crippen LogP contribution is 2.33. The highest BCUT2D eigenvalue weighted by molar-refractivity contribution is 7.22. The molecule has 0 aliphatic carbocycles. The molecule has 0 spiro atoms. The molecule has 33 heavy (non-hydrogen) atoms. The fraction of sp³-hybridized carbons (Fsp3) is 0.150. The number of aryl methyl sites for hydroxylation is 1. The van der Waals surface area contributed by atoms with Gasteiger partial charge in [0.25, 0.3) is 5.91 Å². The molecule has 0 saturated heterocycles. The van der Waals surface area contributed by atoms with Gasteiger partial charge in [0.05, 0.1) is 12.8 Å². The molecule has 1 amide bonds. The lowest BCUT2D eigenvalue weighted by atomic mass is 10.3. The summed E-state index contributed by atoms with van der Waals surface area (Å²) in [5.41, 5.74) is -0.756. The summed E-state index contributed by atoms with van der Waals surface area (Å²) in [4.78, 5) is 28.8. The minimum Gasteiger partial charge on any atom is -0.503 e. The number of carbonyl (C=O) groups excluding carboxylic acids is 1. The zero-order valence-electron chi connectivity index (χ0n) is 17.0.